The van der Waals surface area contributed by atoms with Crippen LogP contribution in [0.1, 0.15) is 27.6 Å². The molecule has 3 rings (SSSR count). The third-order valence-electron chi connectivity index (χ3n) is 3.42. The number of rotatable bonds is 5. The molecule has 0 spiro atoms. The van der Waals surface area contributed by atoms with Crippen LogP contribution in [0.15, 0.2) is 63.9 Å². The van der Waals surface area contributed by atoms with Crippen molar-refractivity contribution in [2.24, 2.45) is 0 Å². The second kappa shape index (κ2) is 6.81. The van der Waals surface area contributed by atoms with E-state index in [2.05, 4.69) is 10.7 Å². The van der Waals surface area contributed by atoms with E-state index in [1.54, 1.807) is 41.9 Å². The minimum absolute atomic E-state index is 0.00677. The summed E-state index contributed by atoms with van der Waals surface area (Å²) in [4.78, 5) is 12.3. The van der Waals surface area contributed by atoms with E-state index in [4.69, 9.17) is 16.0 Å². The first-order valence-corrected chi connectivity index (χ1v) is 8.16. The molecule has 3 aromatic rings. The number of furan rings is 1. The van der Waals surface area contributed by atoms with E-state index in [9.17, 15) is 4.79 Å². The molecule has 1 aromatic carbocycles. The normalized spacial score (nSPS) is 12.0. The van der Waals surface area contributed by atoms with Crippen molar-refractivity contribution >= 4 is 28.8 Å². The predicted octanol–water partition coefficient (Wildman–Crippen LogP) is 4.56. The molecule has 1 atom stereocenters. The summed E-state index contributed by atoms with van der Waals surface area (Å²) in [7, 11) is 0. The molecule has 0 saturated heterocycles. The summed E-state index contributed by atoms with van der Waals surface area (Å²) in [5, 5.41) is 7.47. The summed E-state index contributed by atoms with van der Waals surface area (Å²) in [5.74, 6) is 0.642. The maximum atomic E-state index is 12.3. The van der Waals surface area contributed by atoms with Crippen LogP contribution in [-0.4, -0.2) is 12.5 Å². The van der Waals surface area contributed by atoms with Crippen LogP contribution in [0.2, 0.25) is 5.02 Å². The second-order valence-corrected chi connectivity index (χ2v) is 6.00. The molecule has 0 fully saturated rings. The van der Waals surface area contributed by atoms with E-state index >= 15 is 0 Å². The third kappa shape index (κ3) is 3.24. The van der Waals surface area contributed by atoms with Gasteiger partial charge in [-0.05, 0) is 46.7 Å². The fraction of sp³-hybridized carbons (Fsp3) is 0.118. The number of halogens is 1. The zero-order chi connectivity index (χ0) is 15.4. The Kier molecular flexibility index (Phi) is 4.61. The molecule has 0 bridgehead atoms. The molecule has 0 radical (unpaired) electrons. The van der Waals surface area contributed by atoms with Gasteiger partial charge in [-0.2, -0.15) is 11.3 Å². The number of benzene rings is 1. The van der Waals surface area contributed by atoms with Gasteiger partial charge < -0.3 is 9.73 Å². The highest BCUT2D eigenvalue weighted by Gasteiger charge is 2.19. The Morgan fingerprint density at radius 3 is 2.77 bits per heavy atom. The Labute approximate surface area is 137 Å². The van der Waals surface area contributed by atoms with Crippen molar-refractivity contribution < 1.29 is 9.21 Å². The van der Waals surface area contributed by atoms with Crippen LogP contribution < -0.4 is 5.32 Å². The van der Waals surface area contributed by atoms with Gasteiger partial charge in [0.15, 0.2) is 0 Å². The lowest BCUT2D eigenvalue weighted by molar-refractivity contribution is 0.0952. The van der Waals surface area contributed by atoms with E-state index < -0.39 is 0 Å². The van der Waals surface area contributed by atoms with Gasteiger partial charge >= 0.3 is 0 Å². The molecular formula is C17H14ClNO2S. The smallest absolute Gasteiger partial charge is 0.252 e. The molecular weight excluding hydrogens is 318 g/mol. The van der Waals surface area contributed by atoms with Crippen molar-refractivity contribution in [1.29, 1.82) is 0 Å². The molecule has 0 aliphatic heterocycles. The SMILES string of the molecule is O=C(NCC(c1ccsc1)c1ccco1)c1ccccc1Cl. The number of nitrogens with one attached hydrogen (secondary N) is 1. The summed E-state index contributed by atoms with van der Waals surface area (Å²) in [6, 6.07) is 12.8. The zero-order valence-corrected chi connectivity index (χ0v) is 13.2. The summed E-state index contributed by atoms with van der Waals surface area (Å²) in [5.41, 5.74) is 1.60. The highest BCUT2D eigenvalue weighted by Crippen LogP contribution is 2.26. The maximum Gasteiger partial charge on any atom is 0.252 e. The van der Waals surface area contributed by atoms with Crippen LogP contribution >= 0.6 is 22.9 Å². The molecule has 1 amide bonds. The van der Waals surface area contributed by atoms with Gasteiger partial charge in [0.05, 0.1) is 22.8 Å². The van der Waals surface area contributed by atoms with Crippen molar-refractivity contribution in [3.63, 3.8) is 0 Å². The van der Waals surface area contributed by atoms with E-state index in [-0.39, 0.29) is 11.8 Å². The van der Waals surface area contributed by atoms with Crippen molar-refractivity contribution in [2.75, 3.05) is 6.54 Å². The Morgan fingerprint density at radius 2 is 2.09 bits per heavy atom. The lowest BCUT2D eigenvalue weighted by Gasteiger charge is -2.15. The summed E-state index contributed by atoms with van der Waals surface area (Å²) in [6.45, 7) is 0.453. The number of carbonyl (C=O) groups is 1. The van der Waals surface area contributed by atoms with Crippen molar-refractivity contribution in [1.82, 2.24) is 5.32 Å². The molecule has 0 aliphatic rings. The minimum Gasteiger partial charge on any atom is -0.469 e. The van der Waals surface area contributed by atoms with Crippen LogP contribution in [0, 0.1) is 0 Å². The van der Waals surface area contributed by atoms with Crippen molar-refractivity contribution in [3.8, 4) is 0 Å². The molecule has 2 aromatic heterocycles. The van der Waals surface area contributed by atoms with Crippen molar-refractivity contribution in [3.05, 3.63) is 81.4 Å². The van der Waals surface area contributed by atoms with Gasteiger partial charge in [0, 0.05) is 6.54 Å². The first kappa shape index (κ1) is 14.9. The highest BCUT2D eigenvalue weighted by atomic mass is 35.5. The van der Waals surface area contributed by atoms with Crippen LogP contribution in [0.4, 0.5) is 0 Å². The largest absolute Gasteiger partial charge is 0.469 e. The fourth-order valence-electron chi connectivity index (χ4n) is 2.28. The number of thiophene rings is 1. The molecule has 0 saturated carbocycles. The number of amides is 1. The highest BCUT2D eigenvalue weighted by molar-refractivity contribution is 7.08. The zero-order valence-electron chi connectivity index (χ0n) is 11.7. The lowest BCUT2D eigenvalue weighted by Crippen LogP contribution is -2.28. The standard InChI is InChI=1S/C17H14ClNO2S/c18-15-5-2-1-4-13(15)17(20)19-10-14(12-7-9-22-11-12)16-6-3-8-21-16/h1-9,11,14H,10H2,(H,19,20). The molecule has 3 nitrogen and oxygen atoms in total. The Morgan fingerprint density at radius 1 is 1.23 bits per heavy atom. The average molecular weight is 332 g/mol. The van der Waals surface area contributed by atoms with Gasteiger partial charge in [-0.1, -0.05) is 23.7 Å². The van der Waals surface area contributed by atoms with E-state index in [1.807, 2.05) is 23.6 Å². The van der Waals surface area contributed by atoms with Gasteiger partial charge in [-0.3, -0.25) is 4.79 Å². The number of hydrogen-bond acceptors (Lipinski definition) is 3. The van der Waals surface area contributed by atoms with E-state index in [0.29, 0.717) is 17.1 Å². The van der Waals surface area contributed by atoms with E-state index in [0.717, 1.165) is 11.3 Å². The molecule has 5 heteroatoms. The summed E-state index contributed by atoms with van der Waals surface area (Å²) < 4.78 is 5.51. The molecule has 1 unspecified atom stereocenters. The fourth-order valence-corrected chi connectivity index (χ4v) is 3.22. The molecule has 0 aliphatic carbocycles. The predicted molar refractivity (Wildman–Crippen MR) is 88.7 cm³/mol. The van der Waals surface area contributed by atoms with Crippen LogP contribution in [0.25, 0.3) is 0 Å². The minimum atomic E-state index is -0.183. The molecule has 1 N–H and O–H groups in total. The van der Waals surface area contributed by atoms with Crippen LogP contribution in [0.5, 0.6) is 0 Å². The second-order valence-electron chi connectivity index (χ2n) is 4.81. The Bertz CT molecular complexity index is 704. The number of hydrogen-bond donors (Lipinski definition) is 1. The Hall–Kier alpha value is -2.04. The van der Waals surface area contributed by atoms with Gasteiger partial charge in [-0.15, -0.1) is 0 Å². The first-order valence-electron chi connectivity index (χ1n) is 6.84. The Balaban J connectivity index is 1.75. The van der Waals surface area contributed by atoms with Crippen LogP contribution in [-0.2, 0) is 0 Å². The summed E-state index contributed by atoms with van der Waals surface area (Å²) in [6.07, 6.45) is 1.64. The average Bonchev–Trinajstić information content (AvgIpc) is 3.21. The first-order chi connectivity index (χ1) is 10.8. The van der Waals surface area contributed by atoms with Gasteiger partial charge in [-0.25, -0.2) is 0 Å². The maximum absolute atomic E-state index is 12.3. The topological polar surface area (TPSA) is 42.2 Å². The number of carbonyl (C=O) groups excluding carboxylic acids is 1. The monoisotopic (exact) mass is 331 g/mol. The molecule has 112 valence electrons. The van der Waals surface area contributed by atoms with Gasteiger partial charge in [0.2, 0.25) is 0 Å². The summed E-state index contributed by atoms with van der Waals surface area (Å²) >= 11 is 7.68. The quantitative estimate of drug-likeness (QED) is 0.745. The molecule has 2 heterocycles. The third-order valence-corrected chi connectivity index (χ3v) is 4.45. The van der Waals surface area contributed by atoms with E-state index in [1.165, 1.54) is 0 Å². The lowest BCUT2D eigenvalue weighted by atomic mass is 9.99. The van der Waals surface area contributed by atoms with Gasteiger partial charge in [0.25, 0.3) is 5.91 Å². The van der Waals surface area contributed by atoms with Gasteiger partial charge in [0.1, 0.15) is 5.76 Å². The molecule has 22 heavy (non-hydrogen) atoms. The van der Waals surface area contributed by atoms with Crippen molar-refractivity contribution in [2.45, 2.75) is 5.92 Å². The van der Waals surface area contributed by atoms with Crippen LogP contribution in [0.3, 0.4) is 0 Å².